The lowest BCUT2D eigenvalue weighted by atomic mass is 10.1. The van der Waals surface area contributed by atoms with E-state index in [2.05, 4.69) is 10.3 Å². The van der Waals surface area contributed by atoms with E-state index in [1.807, 2.05) is 0 Å². The maximum absolute atomic E-state index is 12.4. The van der Waals surface area contributed by atoms with Gasteiger partial charge < -0.3 is 5.73 Å². The number of Topliss-reactive ketones (excluding diaryl/α,β-unsaturated/α-hetero) is 1. The van der Waals surface area contributed by atoms with Crippen molar-refractivity contribution in [3.63, 3.8) is 0 Å². The van der Waals surface area contributed by atoms with Gasteiger partial charge in [0.15, 0.2) is 5.78 Å². The summed E-state index contributed by atoms with van der Waals surface area (Å²) in [6.45, 7) is 0.816. The molecule has 21 heavy (non-hydrogen) atoms. The highest BCUT2D eigenvalue weighted by atomic mass is 19.4. The molecule has 112 valence electrons. The number of nitrogens with two attached hydrogens (primary N) is 1. The van der Waals surface area contributed by atoms with Gasteiger partial charge in [-0.25, -0.2) is 0 Å². The molecule has 8 heteroatoms. The summed E-state index contributed by atoms with van der Waals surface area (Å²) in [6, 6.07) is 4.47. The van der Waals surface area contributed by atoms with Crippen molar-refractivity contribution in [3.8, 4) is 0 Å². The fraction of sp³-hybridized carbons (Fsp3) is 0.308. The van der Waals surface area contributed by atoms with E-state index in [0.29, 0.717) is 18.7 Å². The van der Waals surface area contributed by atoms with Gasteiger partial charge in [0.25, 0.3) is 0 Å². The molecule has 1 aromatic heterocycles. The number of nitrogens with zero attached hydrogens (tertiary/aromatic N) is 3. The smallest absolute Gasteiger partial charge is 0.329 e. The molecule has 2 aromatic rings. The molecule has 0 bridgehead atoms. The third kappa shape index (κ3) is 3.88. The third-order valence-corrected chi connectivity index (χ3v) is 2.83. The number of rotatable bonds is 5. The number of benzene rings is 1. The second-order valence-electron chi connectivity index (χ2n) is 4.45. The van der Waals surface area contributed by atoms with Crippen LogP contribution >= 0.6 is 0 Å². The largest absolute Gasteiger partial charge is 0.416 e. The van der Waals surface area contributed by atoms with Crippen molar-refractivity contribution in [2.24, 2.45) is 5.73 Å². The van der Waals surface area contributed by atoms with Gasteiger partial charge in [0.2, 0.25) is 0 Å². The first-order chi connectivity index (χ1) is 9.90. The topological polar surface area (TPSA) is 73.8 Å². The number of aromatic nitrogens is 3. The van der Waals surface area contributed by atoms with Gasteiger partial charge in [-0.3, -0.25) is 9.48 Å². The van der Waals surface area contributed by atoms with Crippen LogP contribution in [0.25, 0.3) is 0 Å². The first kappa shape index (κ1) is 15.2. The molecular formula is C13H13F3N4O. The fourth-order valence-corrected chi connectivity index (χ4v) is 1.76. The SMILES string of the molecule is NCCn1cc(C(=O)Cc2ccc(C(F)(F)F)cc2)nn1. The van der Waals surface area contributed by atoms with Crippen LogP contribution in [0.5, 0.6) is 0 Å². The second kappa shape index (κ2) is 6.04. The summed E-state index contributed by atoms with van der Waals surface area (Å²) >= 11 is 0. The Morgan fingerprint density at radius 3 is 2.48 bits per heavy atom. The average molecular weight is 298 g/mol. The fourth-order valence-electron chi connectivity index (χ4n) is 1.76. The molecule has 0 saturated carbocycles. The Hall–Kier alpha value is -2.22. The van der Waals surface area contributed by atoms with E-state index in [1.165, 1.54) is 23.0 Å². The van der Waals surface area contributed by atoms with Crippen LogP contribution < -0.4 is 5.73 Å². The Balaban J connectivity index is 2.05. The molecule has 2 N–H and O–H groups in total. The average Bonchev–Trinajstić information content (AvgIpc) is 2.87. The number of hydrogen-bond acceptors (Lipinski definition) is 4. The summed E-state index contributed by atoms with van der Waals surface area (Å²) in [5, 5.41) is 7.45. The van der Waals surface area contributed by atoms with E-state index in [1.54, 1.807) is 0 Å². The van der Waals surface area contributed by atoms with E-state index in [9.17, 15) is 18.0 Å². The molecule has 5 nitrogen and oxygen atoms in total. The first-order valence-corrected chi connectivity index (χ1v) is 6.19. The molecule has 0 saturated heterocycles. The Kier molecular flexibility index (Phi) is 4.37. The van der Waals surface area contributed by atoms with Crippen LogP contribution in [0.15, 0.2) is 30.5 Å². The quantitative estimate of drug-likeness (QED) is 0.852. The predicted molar refractivity (Wildman–Crippen MR) is 68.6 cm³/mol. The highest BCUT2D eigenvalue weighted by Crippen LogP contribution is 2.29. The summed E-state index contributed by atoms with van der Waals surface area (Å²) in [7, 11) is 0. The molecule has 0 spiro atoms. The van der Waals surface area contributed by atoms with E-state index in [-0.39, 0.29) is 17.9 Å². The van der Waals surface area contributed by atoms with Crippen molar-refractivity contribution in [1.82, 2.24) is 15.0 Å². The number of carbonyl (C=O) groups excluding carboxylic acids is 1. The van der Waals surface area contributed by atoms with Crippen molar-refractivity contribution in [2.75, 3.05) is 6.54 Å². The molecule has 0 atom stereocenters. The van der Waals surface area contributed by atoms with Crippen LogP contribution in [0.4, 0.5) is 13.2 Å². The van der Waals surface area contributed by atoms with Gasteiger partial charge in [-0.2, -0.15) is 13.2 Å². The van der Waals surface area contributed by atoms with Gasteiger partial charge in [0.1, 0.15) is 5.69 Å². The van der Waals surface area contributed by atoms with E-state index < -0.39 is 11.7 Å². The second-order valence-corrected chi connectivity index (χ2v) is 4.45. The van der Waals surface area contributed by atoms with Crippen LogP contribution in [0.1, 0.15) is 21.6 Å². The van der Waals surface area contributed by atoms with Crippen molar-refractivity contribution >= 4 is 5.78 Å². The number of ketones is 1. The first-order valence-electron chi connectivity index (χ1n) is 6.19. The molecule has 1 aromatic carbocycles. The minimum Gasteiger partial charge on any atom is -0.329 e. The van der Waals surface area contributed by atoms with Crippen LogP contribution in [0, 0.1) is 0 Å². The number of halogens is 3. The number of hydrogen-bond donors (Lipinski definition) is 1. The molecule has 0 amide bonds. The van der Waals surface area contributed by atoms with Crippen LogP contribution in [0.3, 0.4) is 0 Å². The van der Waals surface area contributed by atoms with Gasteiger partial charge >= 0.3 is 6.18 Å². The maximum Gasteiger partial charge on any atom is 0.416 e. The van der Waals surface area contributed by atoms with E-state index >= 15 is 0 Å². The summed E-state index contributed by atoms with van der Waals surface area (Å²) in [4.78, 5) is 11.9. The molecule has 1 heterocycles. The summed E-state index contributed by atoms with van der Waals surface area (Å²) in [5.74, 6) is -0.307. The molecule has 0 aliphatic carbocycles. The van der Waals surface area contributed by atoms with Gasteiger partial charge in [-0.15, -0.1) is 5.10 Å². The van der Waals surface area contributed by atoms with Gasteiger partial charge in [-0.05, 0) is 17.7 Å². The lowest BCUT2D eigenvalue weighted by molar-refractivity contribution is -0.137. The Labute approximate surface area is 118 Å². The molecular weight excluding hydrogens is 285 g/mol. The lowest BCUT2D eigenvalue weighted by Crippen LogP contribution is -2.10. The molecule has 2 rings (SSSR count). The van der Waals surface area contributed by atoms with Crippen LogP contribution in [-0.4, -0.2) is 27.3 Å². The Morgan fingerprint density at radius 2 is 1.90 bits per heavy atom. The Morgan fingerprint density at radius 1 is 1.24 bits per heavy atom. The lowest BCUT2D eigenvalue weighted by Gasteiger charge is -2.06. The molecule has 0 aliphatic rings. The zero-order valence-electron chi connectivity index (χ0n) is 11.0. The number of carbonyl (C=O) groups is 1. The van der Waals surface area contributed by atoms with Crippen molar-refractivity contribution < 1.29 is 18.0 Å². The maximum atomic E-state index is 12.4. The minimum absolute atomic E-state index is 0.0283. The van der Waals surface area contributed by atoms with Crippen molar-refractivity contribution in [1.29, 1.82) is 0 Å². The highest BCUT2D eigenvalue weighted by Gasteiger charge is 2.30. The van der Waals surface area contributed by atoms with Crippen molar-refractivity contribution in [2.45, 2.75) is 19.1 Å². The van der Waals surface area contributed by atoms with Crippen molar-refractivity contribution in [3.05, 3.63) is 47.3 Å². The summed E-state index contributed by atoms with van der Waals surface area (Å²) < 4.78 is 38.7. The Bertz CT molecular complexity index is 619. The zero-order valence-corrected chi connectivity index (χ0v) is 11.0. The zero-order chi connectivity index (χ0) is 15.5. The normalized spacial score (nSPS) is 11.6. The molecule has 0 fully saturated rings. The van der Waals surface area contributed by atoms with E-state index in [0.717, 1.165) is 12.1 Å². The van der Waals surface area contributed by atoms with Crippen LogP contribution in [0.2, 0.25) is 0 Å². The molecule has 0 radical (unpaired) electrons. The summed E-state index contributed by atoms with van der Waals surface area (Å²) in [6.07, 6.45) is -2.94. The number of alkyl halides is 3. The predicted octanol–water partition coefficient (Wildman–Crippen LogP) is 1.68. The summed E-state index contributed by atoms with van der Waals surface area (Å²) in [5.41, 5.74) is 5.27. The van der Waals surface area contributed by atoms with Gasteiger partial charge in [0.05, 0.1) is 18.3 Å². The van der Waals surface area contributed by atoms with E-state index in [4.69, 9.17) is 5.73 Å². The van der Waals surface area contributed by atoms with Crippen LogP contribution in [-0.2, 0) is 19.1 Å². The van der Waals surface area contributed by atoms with Gasteiger partial charge in [0, 0.05) is 13.0 Å². The molecule has 0 aliphatic heterocycles. The minimum atomic E-state index is -4.38. The highest BCUT2D eigenvalue weighted by molar-refractivity contribution is 5.95. The standard InChI is InChI=1S/C13H13F3N4O/c14-13(15,16)10-3-1-9(2-4-10)7-12(21)11-8-20(6-5-17)19-18-11/h1-4,8H,5-7,17H2. The monoisotopic (exact) mass is 298 g/mol. The van der Waals surface area contributed by atoms with Gasteiger partial charge in [-0.1, -0.05) is 17.3 Å². The third-order valence-electron chi connectivity index (χ3n) is 2.83. The molecule has 0 unspecified atom stereocenters.